The maximum Gasteiger partial charge on any atom is 0.145 e. The highest BCUT2D eigenvalue weighted by molar-refractivity contribution is 5.98. The van der Waals surface area contributed by atoms with Crippen molar-refractivity contribution in [1.29, 1.82) is 0 Å². The minimum atomic E-state index is 0.969. The first-order chi connectivity index (χ1) is 8.95. The summed E-state index contributed by atoms with van der Waals surface area (Å²) in [5.41, 5.74) is 3.66. The molecule has 0 atom stereocenters. The fraction of sp³-hybridized carbons (Fsp3) is 0.0625. The molecule has 2 heterocycles. The summed E-state index contributed by atoms with van der Waals surface area (Å²) in [5, 5.41) is 2.53. The fourth-order valence-corrected chi connectivity index (χ4v) is 2.73. The summed E-state index contributed by atoms with van der Waals surface area (Å²) in [6, 6.07) is 8.51. The monoisotopic (exact) mass is 232 g/mol. The van der Waals surface area contributed by atoms with Gasteiger partial charge in [-0.3, -0.25) is 4.40 Å². The quantitative estimate of drug-likeness (QED) is 0.578. The van der Waals surface area contributed by atoms with Gasteiger partial charge >= 0.3 is 0 Å². The molecule has 2 aromatic heterocycles. The van der Waals surface area contributed by atoms with Gasteiger partial charge in [0.2, 0.25) is 0 Å². The number of hydrogen-bond donors (Lipinski definition) is 0. The Morgan fingerprint density at radius 1 is 1.06 bits per heavy atom. The standard InChI is InChI=1S/C16H12N2/c1-2-7-13-12-6-4-5-8-14(12)16-17-10-11-18(16)15(13)9-3-1/h1-6,8-11H,7H2. The molecule has 0 saturated heterocycles. The number of nitrogens with zero attached hydrogens (tertiary/aromatic N) is 2. The van der Waals surface area contributed by atoms with Gasteiger partial charge in [-0.25, -0.2) is 4.98 Å². The molecule has 0 fully saturated rings. The van der Waals surface area contributed by atoms with Gasteiger partial charge in [-0.1, -0.05) is 42.5 Å². The third kappa shape index (κ3) is 1.20. The third-order valence-corrected chi connectivity index (χ3v) is 3.53. The van der Waals surface area contributed by atoms with Gasteiger partial charge in [0.25, 0.3) is 0 Å². The van der Waals surface area contributed by atoms with Crippen LogP contribution in [0.2, 0.25) is 0 Å². The molecule has 0 unspecified atom stereocenters. The van der Waals surface area contributed by atoms with Gasteiger partial charge in [0, 0.05) is 17.8 Å². The zero-order valence-corrected chi connectivity index (χ0v) is 9.88. The van der Waals surface area contributed by atoms with Crippen LogP contribution in [0, 0.1) is 0 Å². The Morgan fingerprint density at radius 2 is 1.94 bits per heavy atom. The summed E-state index contributed by atoms with van der Waals surface area (Å²) in [6.45, 7) is 0. The molecule has 0 bridgehead atoms. The van der Waals surface area contributed by atoms with Crippen molar-refractivity contribution >= 4 is 22.5 Å². The summed E-state index contributed by atoms with van der Waals surface area (Å²) < 4.78 is 2.18. The molecule has 0 amide bonds. The zero-order valence-electron chi connectivity index (χ0n) is 9.88. The molecule has 1 aliphatic carbocycles. The van der Waals surface area contributed by atoms with Crippen LogP contribution in [0.4, 0.5) is 0 Å². The average Bonchev–Trinajstić information content (AvgIpc) is 2.77. The molecular formula is C16H12N2. The van der Waals surface area contributed by atoms with Crippen LogP contribution in [0.3, 0.4) is 0 Å². The molecule has 3 aromatic rings. The van der Waals surface area contributed by atoms with Gasteiger partial charge in [-0.2, -0.15) is 0 Å². The Labute approximate surface area is 105 Å². The predicted octanol–water partition coefficient (Wildman–Crippen LogP) is 3.61. The minimum absolute atomic E-state index is 0.969. The molecule has 0 N–H and O–H groups in total. The summed E-state index contributed by atoms with van der Waals surface area (Å²) in [6.07, 6.45) is 13.5. The van der Waals surface area contributed by atoms with Crippen LogP contribution in [0.5, 0.6) is 0 Å². The number of aromatic nitrogens is 2. The van der Waals surface area contributed by atoms with E-state index in [0.717, 1.165) is 12.1 Å². The van der Waals surface area contributed by atoms with Crippen molar-refractivity contribution in [2.75, 3.05) is 0 Å². The van der Waals surface area contributed by atoms with Crippen molar-refractivity contribution in [2.45, 2.75) is 6.42 Å². The van der Waals surface area contributed by atoms with Crippen LogP contribution in [0.15, 0.2) is 54.9 Å². The number of allylic oxidation sites excluding steroid dienone is 3. The Kier molecular flexibility index (Phi) is 1.92. The molecule has 0 spiro atoms. The Balaban J connectivity index is 2.30. The molecule has 2 heteroatoms. The van der Waals surface area contributed by atoms with E-state index in [1.54, 1.807) is 0 Å². The molecule has 4 rings (SSSR count). The number of hydrogen-bond acceptors (Lipinski definition) is 1. The topological polar surface area (TPSA) is 17.3 Å². The van der Waals surface area contributed by atoms with Crippen molar-refractivity contribution in [3.63, 3.8) is 0 Å². The summed E-state index contributed by atoms with van der Waals surface area (Å²) in [5.74, 6) is 0. The number of benzene rings is 1. The first kappa shape index (κ1) is 9.66. The number of rotatable bonds is 0. The van der Waals surface area contributed by atoms with E-state index in [2.05, 4.69) is 58.0 Å². The largest absolute Gasteiger partial charge is 0.299 e. The predicted molar refractivity (Wildman–Crippen MR) is 74.6 cm³/mol. The lowest BCUT2D eigenvalue weighted by atomic mass is 10.0. The van der Waals surface area contributed by atoms with Gasteiger partial charge < -0.3 is 0 Å². The highest BCUT2D eigenvalue weighted by Gasteiger charge is 2.12. The van der Waals surface area contributed by atoms with Crippen molar-refractivity contribution in [2.24, 2.45) is 0 Å². The van der Waals surface area contributed by atoms with E-state index in [-0.39, 0.29) is 0 Å². The van der Waals surface area contributed by atoms with Crippen molar-refractivity contribution in [1.82, 2.24) is 9.38 Å². The first-order valence-corrected chi connectivity index (χ1v) is 6.15. The highest BCUT2D eigenvalue weighted by Crippen LogP contribution is 2.28. The number of pyridine rings is 1. The van der Waals surface area contributed by atoms with Gasteiger partial charge in [0.05, 0.1) is 5.69 Å². The first-order valence-electron chi connectivity index (χ1n) is 6.15. The molecule has 86 valence electrons. The van der Waals surface area contributed by atoms with Crippen LogP contribution in [0.1, 0.15) is 11.3 Å². The summed E-state index contributed by atoms with van der Waals surface area (Å²) in [7, 11) is 0. The van der Waals surface area contributed by atoms with Gasteiger partial charge in [0.15, 0.2) is 0 Å². The molecule has 0 radical (unpaired) electrons. The van der Waals surface area contributed by atoms with Gasteiger partial charge in [-0.15, -0.1) is 0 Å². The van der Waals surface area contributed by atoms with E-state index < -0.39 is 0 Å². The van der Waals surface area contributed by atoms with Crippen molar-refractivity contribution in [3.8, 4) is 0 Å². The van der Waals surface area contributed by atoms with E-state index >= 15 is 0 Å². The molecular weight excluding hydrogens is 220 g/mol. The van der Waals surface area contributed by atoms with Crippen LogP contribution < -0.4 is 0 Å². The van der Waals surface area contributed by atoms with Crippen LogP contribution in [-0.2, 0) is 6.42 Å². The molecule has 0 saturated carbocycles. The number of fused-ring (bicyclic) bond motifs is 6. The molecule has 2 nitrogen and oxygen atoms in total. The van der Waals surface area contributed by atoms with Crippen LogP contribution in [-0.4, -0.2) is 9.38 Å². The Bertz CT molecular complexity index is 806. The van der Waals surface area contributed by atoms with Crippen LogP contribution >= 0.6 is 0 Å². The lowest BCUT2D eigenvalue weighted by Gasteiger charge is -2.11. The highest BCUT2D eigenvalue weighted by atomic mass is 15.0. The van der Waals surface area contributed by atoms with E-state index in [0.29, 0.717) is 0 Å². The SMILES string of the molecule is C1=CCc2c(n3ccnc3c3ccccc23)C=C1. The lowest BCUT2D eigenvalue weighted by molar-refractivity contribution is 1.12. The third-order valence-electron chi connectivity index (χ3n) is 3.53. The van der Waals surface area contributed by atoms with E-state index in [1.807, 2.05) is 12.4 Å². The normalized spacial score (nSPS) is 14.0. The summed E-state index contributed by atoms with van der Waals surface area (Å²) in [4.78, 5) is 4.49. The molecule has 0 aliphatic heterocycles. The average molecular weight is 232 g/mol. The second-order valence-corrected chi connectivity index (χ2v) is 4.52. The maximum absolute atomic E-state index is 4.49. The smallest absolute Gasteiger partial charge is 0.145 e. The Morgan fingerprint density at radius 3 is 2.89 bits per heavy atom. The second kappa shape index (κ2) is 3.57. The van der Waals surface area contributed by atoms with E-state index in [1.165, 1.54) is 22.0 Å². The molecule has 18 heavy (non-hydrogen) atoms. The maximum atomic E-state index is 4.49. The van der Waals surface area contributed by atoms with Gasteiger partial charge in [0.1, 0.15) is 5.65 Å². The van der Waals surface area contributed by atoms with E-state index in [9.17, 15) is 0 Å². The zero-order chi connectivity index (χ0) is 11.9. The Hall–Kier alpha value is -2.35. The lowest BCUT2D eigenvalue weighted by Crippen LogP contribution is -1.98. The van der Waals surface area contributed by atoms with E-state index in [4.69, 9.17) is 0 Å². The fourth-order valence-electron chi connectivity index (χ4n) is 2.73. The van der Waals surface area contributed by atoms with Crippen molar-refractivity contribution in [3.05, 3.63) is 66.1 Å². The minimum Gasteiger partial charge on any atom is -0.299 e. The summed E-state index contributed by atoms with van der Waals surface area (Å²) >= 11 is 0. The van der Waals surface area contributed by atoms with Crippen LogP contribution in [0.25, 0.3) is 22.5 Å². The molecule has 1 aromatic carbocycles. The van der Waals surface area contributed by atoms with Crippen molar-refractivity contribution < 1.29 is 0 Å². The number of imidazole rings is 1. The van der Waals surface area contributed by atoms with Gasteiger partial charge in [-0.05, 0) is 23.4 Å². The molecule has 1 aliphatic rings. The second-order valence-electron chi connectivity index (χ2n) is 4.52.